The van der Waals surface area contributed by atoms with Crippen LogP contribution in [0.2, 0.25) is 0 Å². The van der Waals surface area contributed by atoms with Crippen molar-refractivity contribution in [2.45, 2.75) is 103 Å². The number of sulfonamides is 1. The lowest BCUT2D eigenvalue weighted by molar-refractivity contribution is -0.149. The molecule has 13 heteroatoms. The number of nitrogens with zero attached hydrogens (tertiary/aromatic N) is 3. The topological polar surface area (TPSA) is 152 Å². The second-order valence-electron chi connectivity index (χ2n) is 16.5. The molecule has 3 aliphatic rings. The van der Waals surface area contributed by atoms with Gasteiger partial charge in [-0.2, -0.15) is 0 Å². The molecule has 0 bridgehead atoms. The van der Waals surface area contributed by atoms with Crippen LogP contribution >= 0.6 is 0 Å². The monoisotopic (exact) mass is 724 g/mol. The predicted molar refractivity (Wildman–Crippen MR) is 193 cm³/mol. The first kappa shape index (κ1) is 38.2. The van der Waals surface area contributed by atoms with Crippen molar-refractivity contribution in [1.29, 1.82) is 0 Å². The van der Waals surface area contributed by atoms with Crippen molar-refractivity contribution in [1.82, 2.24) is 19.5 Å². The number of aromatic nitrogens is 1. The number of allylic oxidation sites excluding steroid dienone is 1. The van der Waals surface area contributed by atoms with Crippen molar-refractivity contribution in [3.63, 3.8) is 0 Å². The van der Waals surface area contributed by atoms with Gasteiger partial charge in [-0.05, 0) is 81.0 Å². The Morgan fingerprint density at radius 3 is 2.39 bits per heavy atom. The summed E-state index contributed by atoms with van der Waals surface area (Å²) in [6.07, 6.45) is 3.61. The maximum Gasteiger partial charge on any atom is 0.240 e. The Bertz CT molecular complexity index is 1830. The van der Waals surface area contributed by atoms with Crippen LogP contribution in [0.5, 0.6) is 11.6 Å². The minimum absolute atomic E-state index is 0.0550. The number of carbonyl (C=O) groups is 4. The molecule has 2 saturated carbocycles. The zero-order valence-corrected chi connectivity index (χ0v) is 31.8. The number of hydrogen-bond acceptors (Lipinski definition) is 9. The molecule has 1 saturated heterocycles. The van der Waals surface area contributed by atoms with Crippen LogP contribution in [0.25, 0.3) is 10.8 Å². The summed E-state index contributed by atoms with van der Waals surface area (Å²) in [7, 11) is -0.547. The Balaban J connectivity index is 1.45. The highest BCUT2D eigenvalue weighted by Crippen LogP contribution is 2.57. The number of ketones is 1. The molecule has 1 unspecified atom stereocenters. The second kappa shape index (κ2) is 13.9. The van der Waals surface area contributed by atoms with Crippen LogP contribution < -0.4 is 14.2 Å². The quantitative estimate of drug-likeness (QED) is 0.291. The molecule has 0 spiro atoms. The van der Waals surface area contributed by atoms with E-state index in [1.165, 1.54) is 4.90 Å². The van der Waals surface area contributed by atoms with Gasteiger partial charge in [0.15, 0.2) is 5.78 Å². The van der Waals surface area contributed by atoms with Gasteiger partial charge in [0, 0.05) is 43.4 Å². The minimum atomic E-state index is -3.84. The first-order valence-corrected chi connectivity index (χ1v) is 19.1. The van der Waals surface area contributed by atoms with E-state index in [4.69, 9.17) is 9.47 Å². The molecule has 5 rings (SSSR count). The van der Waals surface area contributed by atoms with E-state index in [1.807, 2.05) is 59.7 Å². The lowest BCUT2D eigenvalue weighted by atomic mass is 9.77. The molecule has 1 aromatic carbocycles. The highest BCUT2D eigenvalue weighted by molar-refractivity contribution is 7.90. The zero-order valence-electron chi connectivity index (χ0n) is 31.0. The lowest BCUT2D eigenvalue weighted by Crippen LogP contribution is -2.50. The van der Waals surface area contributed by atoms with Crippen LogP contribution in [0, 0.1) is 22.7 Å². The van der Waals surface area contributed by atoms with E-state index >= 15 is 0 Å². The summed E-state index contributed by atoms with van der Waals surface area (Å²) in [5.74, 6) is -1.79. The second-order valence-corrected chi connectivity index (χ2v) is 18.4. The molecule has 3 fully saturated rings. The summed E-state index contributed by atoms with van der Waals surface area (Å²) < 4.78 is 39.5. The molecule has 2 aromatic rings. The SMILES string of the molecule is C=C[C@@H]1C[C@]1(CC(=O)[C@@H]1CC(Oc2nccc3cc(OC)ccc23)CN1C(=O)[C@@H](CC(=O)N(C)C(C)(C)C)C(C)(C)C)C(=O)NS(=O)(=O)C1CC1. The van der Waals surface area contributed by atoms with Gasteiger partial charge in [-0.15, -0.1) is 6.58 Å². The van der Waals surface area contributed by atoms with E-state index in [0.29, 0.717) is 24.5 Å². The van der Waals surface area contributed by atoms with Crippen molar-refractivity contribution in [2.75, 3.05) is 20.7 Å². The van der Waals surface area contributed by atoms with Crippen LogP contribution in [0.3, 0.4) is 0 Å². The summed E-state index contributed by atoms with van der Waals surface area (Å²) >= 11 is 0. The van der Waals surface area contributed by atoms with Crippen LogP contribution in [0.15, 0.2) is 43.1 Å². The third-order valence-electron chi connectivity index (χ3n) is 10.8. The summed E-state index contributed by atoms with van der Waals surface area (Å²) in [5.41, 5.74) is -2.38. The molecule has 1 aromatic heterocycles. The molecule has 3 amide bonds. The third-order valence-corrected chi connectivity index (χ3v) is 12.6. The first-order chi connectivity index (χ1) is 23.7. The maximum atomic E-state index is 14.6. The zero-order chi connectivity index (χ0) is 37.7. The molecule has 0 radical (unpaired) electrons. The van der Waals surface area contributed by atoms with Crippen molar-refractivity contribution in [3.05, 3.63) is 43.1 Å². The van der Waals surface area contributed by atoms with E-state index in [2.05, 4.69) is 16.3 Å². The number of benzene rings is 1. The van der Waals surface area contributed by atoms with Gasteiger partial charge in [-0.25, -0.2) is 13.4 Å². The van der Waals surface area contributed by atoms with Gasteiger partial charge in [0.2, 0.25) is 33.6 Å². The number of nitrogens with one attached hydrogen (secondary N) is 1. The van der Waals surface area contributed by atoms with Crippen LogP contribution in [0.4, 0.5) is 0 Å². The van der Waals surface area contributed by atoms with Gasteiger partial charge in [-0.1, -0.05) is 26.8 Å². The largest absolute Gasteiger partial charge is 0.497 e. The fraction of sp³-hybridized carbons (Fsp3) is 0.605. The Labute approximate surface area is 301 Å². The molecule has 2 aliphatic carbocycles. The molecule has 2 heterocycles. The lowest BCUT2D eigenvalue weighted by Gasteiger charge is -2.38. The van der Waals surface area contributed by atoms with Crippen molar-refractivity contribution >= 4 is 44.3 Å². The predicted octanol–water partition coefficient (Wildman–Crippen LogP) is 4.66. The number of amides is 3. The number of ether oxygens (including phenoxy) is 2. The van der Waals surface area contributed by atoms with Gasteiger partial charge >= 0.3 is 0 Å². The Hall–Kier alpha value is -4.00. The van der Waals surface area contributed by atoms with Crippen LogP contribution in [-0.4, -0.2) is 90.3 Å². The van der Waals surface area contributed by atoms with E-state index in [0.717, 1.165) is 10.8 Å². The smallest absolute Gasteiger partial charge is 0.240 e. The molecular weight excluding hydrogens is 673 g/mol. The number of likely N-dealkylation sites (tertiary alicyclic amines) is 1. The normalized spacial score (nSPS) is 24.1. The van der Waals surface area contributed by atoms with Crippen molar-refractivity contribution < 1.29 is 37.1 Å². The number of carbonyl (C=O) groups excluding carboxylic acids is 4. The minimum Gasteiger partial charge on any atom is -0.497 e. The van der Waals surface area contributed by atoms with E-state index in [1.54, 1.807) is 37.4 Å². The average molecular weight is 725 g/mol. The van der Waals surface area contributed by atoms with Gasteiger partial charge < -0.3 is 19.3 Å². The molecule has 1 N–H and O–H groups in total. The fourth-order valence-corrected chi connectivity index (χ4v) is 8.28. The molecule has 1 aliphatic heterocycles. The maximum absolute atomic E-state index is 14.6. The summed E-state index contributed by atoms with van der Waals surface area (Å²) in [6.45, 7) is 15.3. The standard InChI is InChI=1S/C38H52N4O8S/c1-10-24-20-38(24,35(46)40-51(47,48)27-12-13-27)21-31(43)30-18-26(50-33-28-14-11-25(49-9)17-23(28)15-16-39-33)22-42(30)34(45)29(36(2,3)4)19-32(44)41(8)37(5,6)7/h10-11,14-17,24,26-27,29-30H,1,12-13,18-22H2,2-9H3,(H,40,46)/t24-,26?,29-,30+,38-/m1/s1. The highest BCUT2D eigenvalue weighted by Gasteiger charge is 2.61. The van der Waals surface area contributed by atoms with Gasteiger partial charge in [-0.3, -0.25) is 23.9 Å². The average Bonchev–Trinajstić information content (AvgIpc) is 3.98. The van der Waals surface area contributed by atoms with Crippen molar-refractivity contribution in [3.8, 4) is 11.6 Å². The van der Waals surface area contributed by atoms with E-state index in [-0.39, 0.29) is 49.8 Å². The number of hydrogen-bond donors (Lipinski definition) is 1. The molecule has 278 valence electrons. The Morgan fingerprint density at radius 1 is 1.14 bits per heavy atom. The Morgan fingerprint density at radius 2 is 1.82 bits per heavy atom. The van der Waals surface area contributed by atoms with Crippen molar-refractivity contribution in [2.24, 2.45) is 22.7 Å². The van der Waals surface area contributed by atoms with Gasteiger partial charge in [0.1, 0.15) is 11.9 Å². The molecule has 12 nitrogen and oxygen atoms in total. The summed E-state index contributed by atoms with van der Waals surface area (Å²) in [4.78, 5) is 63.7. The third kappa shape index (κ3) is 8.08. The summed E-state index contributed by atoms with van der Waals surface area (Å²) in [5, 5.41) is 0.966. The number of fused-ring (bicyclic) bond motifs is 1. The van der Waals surface area contributed by atoms with Crippen LogP contribution in [0.1, 0.15) is 80.1 Å². The van der Waals surface area contributed by atoms with Crippen LogP contribution in [-0.2, 0) is 29.2 Å². The number of rotatable bonds is 13. The highest BCUT2D eigenvalue weighted by atomic mass is 32.2. The van der Waals surface area contributed by atoms with Gasteiger partial charge in [0.05, 0.1) is 36.3 Å². The van der Waals surface area contributed by atoms with E-state index < -0.39 is 61.5 Å². The fourth-order valence-electron chi connectivity index (χ4n) is 6.90. The number of Topliss-reactive ketones (excluding diaryl/α,β-unsaturated/α-hetero) is 1. The number of methoxy groups -OCH3 is 1. The van der Waals surface area contributed by atoms with E-state index in [9.17, 15) is 27.6 Å². The Kier molecular flexibility index (Phi) is 10.4. The number of pyridine rings is 1. The summed E-state index contributed by atoms with van der Waals surface area (Å²) in [6, 6.07) is 6.35. The van der Waals surface area contributed by atoms with Gasteiger partial charge in [0.25, 0.3) is 0 Å². The first-order valence-electron chi connectivity index (χ1n) is 17.6. The molecule has 5 atom stereocenters. The molecular formula is C38H52N4O8S. The molecule has 51 heavy (non-hydrogen) atoms.